The molecule has 114 valence electrons. The molecule has 0 spiro atoms. The van der Waals surface area contributed by atoms with Crippen LogP contribution in [0.4, 0.5) is 5.82 Å². The first-order chi connectivity index (χ1) is 9.85. The number of fused-ring (bicyclic) bond motifs is 1. The van der Waals surface area contributed by atoms with E-state index >= 15 is 0 Å². The highest BCUT2D eigenvalue weighted by Gasteiger charge is 2.33. The topological polar surface area (TPSA) is 49.2 Å². The highest BCUT2D eigenvalue weighted by atomic mass is 32.1. The Hall–Kier alpha value is -1.20. The summed E-state index contributed by atoms with van der Waals surface area (Å²) in [6, 6.07) is 0. The zero-order valence-corrected chi connectivity index (χ0v) is 14.0. The maximum Gasteiger partial charge on any atom is 0.141 e. The Bertz CT molecular complexity index is 663. The third-order valence-corrected chi connectivity index (χ3v) is 4.90. The van der Waals surface area contributed by atoms with E-state index in [1.807, 2.05) is 13.8 Å². The lowest BCUT2D eigenvalue weighted by Gasteiger charge is -2.21. The van der Waals surface area contributed by atoms with Gasteiger partial charge in [-0.3, -0.25) is 0 Å². The first kappa shape index (κ1) is 14.7. The van der Waals surface area contributed by atoms with E-state index < -0.39 is 5.60 Å². The Morgan fingerprint density at radius 2 is 2.19 bits per heavy atom. The first-order valence-electron chi connectivity index (χ1n) is 7.58. The van der Waals surface area contributed by atoms with Crippen molar-refractivity contribution in [3.8, 4) is 0 Å². The summed E-state index contributed by atoms with van der Waals surface area (Å²) in [6.07, 6.45) is 1.84. The molecule has 4 nitrogen and oxygen atoms in total. The molecule has 3 rings (SSSR count). The number of aliphatic hydroxyl groups is 1. The number of nitrogens with zero attached hydrogens (tertiary/aromatic N) is 3. The molecule has 1 atom stereocenters. The molecule has 0 aliphatic carbocycles. The van der Waals surface area contributed by atoms with Crippen molar-refractivity contribution in [2.24, 2.45) is 5.92 Å². The van der Waals surface area contributed by atoms with Gasteiger partial charge >= 0.3 is 0 Å². The second-order valence-corrected chi connectivity index (χ2v) is 7.66. The van der Waals surface area contributed by atoms with Gasteiger partial charge in [-0.2, -0.15) is 0 Å². The molecule has 0 bridgehead atoms. The molecule has 21 heavy (non-hydrogen) atoms. The number of hydrogen-bond acceptors (Lipinski definition) is 5. The molecule has 5 heteroatoms. The highest BCUT2D eigenvalue weighted by Crippen LogP contribution is 2.36. The van der Waals surface area contributed by atoms with Gasteiger partial charge in [0.25, 0.3) is 0 Å². The van der Waals surface area contributed by atoms with Crippen molar-refractivity contribution in [2.75, 3.05) is 18.0 Å². The zero-order valence-electron chi connectivity index (χ0n) is 13.2. The van der Waals surface area contributed by atoms with Crippen LogP contribution in [0.1, 0.15) is 38.6 Å². The summed E-state index contributed by atoms with van der Waals surface area (Å²) < 4.78 is 0. The molecule has 2 aromatic heterocycles. The van der Waals surface area contributed by atoms with Crippen molar-refractivity contribution in [2.45, 2.75) is 46.1 Å². The third-order valence-electron chi connectivity index (χ3n) is 3.98. The van der Waals surface area contributed by atoms with E-state index in [1.54, 1.807) is 11.3 Å². The van der Waals surface area contributed by atoms with Gasteiger partial charge in [-0.25, -0.2) is 9.97 Å². The van der Waals surface area contributed by atoms with Crippen LogP contribution in [0.2, 0.25) is 0 Å². The number of aryl methyl sites for hydroxylation is 1. The third kappa shape index (κ3) is 2.90. The molecule has 1 unspecified atom stereocenters. The van der Waals surface area contributed by atoms with Crippen molar-refractivity contribution in [3.63, 3.8) is 0 Å². The van der Waals surface area contributed by atoms with Crippen LogP contribution in [-0.4, -0.2) is 33.8 Å². The molecule has 1 aliphatic rings. The maximum atomic E-state index is 10.3. The van der Waals surface area contributed by atoms with Gasteiger partial charge in [0.1, 0.15) is 16.5 Å². The van der Waals surface area contributed by atoms with Crippen molar-refractivity contribution in [3.05, 3.63) is 16.8 Å². The van der Waals surface area contributed by atoms with E-state index in [0.717, 1.165) is 35.9 Å². The molecule has 1 aliphatic heterocycles. The smallest absolute Gasteiger partial charge is 0.141 e. The van der Waals surface area contributed by atoms with Gasteiger partial charge in [0.2, 0.25) is 0 Å². The summed E-state index contributed by atoms with van der Waals surface area (Å²) in [5.41, 5.74) is 0.728. The van der Waals surface area contributed by atoms with Crippen molar-refractivity contribution < 1.29 is 5.11 Å². The van der Waals surface area contributed by atoms with Gasteiger partial charge in [0.05, 0.1) is 11.0 Å². The van der Waals surface area contributed by atoms with Gasteiger partial charge in [0, 0.05) is 13.1 Å². The second kappa shape index (κ2) is 5.21. The van der Waals surface area contributed by atoms with Crippen molar-refractivity contribution in [1.29, 1.82) is 0 Å². The number of anilines is 1. The predicted octanol–water partition coefficient (Wildman–Crippen LogP) is 3.16. The predicted molar refractivity (Wildman–Crippen MR) is 88.1 cm³/mol. The lowest BCUT2D eigenvalue weighted by molar-refractivity contribution is 0.0839. The number of β-amino-alcohol motifs (C(OH)–C–C–N with tert-alkyl or cyclic N) is 1. The summed E-state index contributed by atoms with van der Waals surface area (Å²) >= 11 is 1.70. The standard InChI is InChI=1S/C16H23N3OS/c1-10(2)7-12-8-21-15-13(12)14(17-11(3)18-15)19-6-5-16(4,20)9-19/h8,10,20H,5-7,9H2,1-4H3. The van der Waals surface area contributed by atoms with E-state index in [2.05, 4.69) is 29.1 Å². The fraction of sp³-hybridized carbons (Fsp3) is 0.625. The van der Waals surface area contributed by atoms with E-state index in [1.165, 1.54) is 10.9 Å². The molecule has 0 aromatic carbocycles. The molecular weight excluding hydrogens is 282 g/mol. The molecule has 1 fully saturated rings. The fourth-order valence-corrected chi connectivity index (χ4v) is 4.02. The fourth-order valence-electron chi connectivity index (χ4n) is 3.03. The van der Waals surface area contributed by atoms with Gasteiger partial charge in [-0.15, -0.1) is 11.3 Å². The van der Waals surface area contributed by atoms with E-state index in [9.17, 15) is 5.11 Å². The van der Waals surface area contributed by atoms with Crippen LogP contribution in [0, 0.1) is 12.8 Å². The summed E-state index contributed by atoms with van der Waals surface area (Å²) in [6.45, 7) is 9.82. The van der Waals surface area contributed by atoms with Gasteiger partial charge < -0.3 is 10.0 Å². The molecule has 0 amide bonds. The van der Waals surface area contributed by atoms with E-state index in [0.29, 0.717) is 12.5 Å². The normalized spacial score (nSPS) is 22.7. The highest BCUT2D eigenvalue weighted by molar-refractivity contribution is 7.17. The van der Waals surface area contributed by atoms with Crippen LogP contribution in [0.5, 0.6) is 0 Å². The Morgan fingerprint density at radius 1 is 1.43 bits per heavy atom. The monoisotopic (exact) mass is 305 g/mol. The summed E-state index contributed by atoms with van der Waals surface area (Å²) in [5.74, 6) is 2.42. The number of hydrogen-bond donors (Lipinski definition) is 1. The molecule has 1 N–H and O–H groups in total. The maximum absolute atomic E-state index is 10.3. The quantitative estimate of drug-likeness (QED) is 0.946. The van der Waals surface area contributed by atoms with Crippen LogP contribution < -0.4 is 4.90 Å². The Morgan fingerprint density at radius 3 is 2.81 bits per heavy atom. The minimum absolute atomic E-state index is 0.610. The molecule has 0 saturated carbocycles. The number of thiophene rings is 1. The zero-order chi connectivity index (χ0) is 15.2. The SMILES string of the molecule is Cc1nc(N2CCC(C)(O)C2)c2c(CC(C)C)csc2n1. The van der Waals surface area contributed by atoms with Crippen molar-refractivity contribution >= 4 is 27.4 Å². The lowest BCUT2D eigenvalue weighted by Crippen LogP contribution is -2.30. The molecule has 1 saturated heterocycles. The van der Waals surface area contributed by atoms with E-state index in [4.69, 9.17) is 4.98 Å². The Balaban J connectivity index is 2.09. The van der Waals surface area contributed by atoms with Gasteiger partial charge in [-0.05, 0) is 43.6 Å². The van der Waals surface area contributed by atoms with Gasteiger partial charge in [-0.1, -0.05) is 13.8 Å². The van der Waals surface area contributed by atoms with Crippen LogP contribution in [0.3, 0.4) is 0 Å². The minimum atomic E-state index is -0.612. The van der Waals surface area contributed by atoms with Crippen LogP contribution >= 0.6 is 11.3 Å². The average Bonchev–Trinajstić information content (AvgIpc) is 2.92. The van der Waals surface area contributed by atoms with Crippen molar-refractivity contribution in [1.82, 2.24) is 9.97 Å². The van der Waals surface area contributed by atoms with E-state index in [-0.39, 0.29) is 0 Å². The molecular formula is C16H23N3OS. The molecule has 0 radical (unpaired) electrons. The summed E-state index contributed by atoms with van der Waals surface area (Å²) in [4.78, 5) is 12.6. The average molecular weight is 305 g/mol. The van der Waals surface area contributed by atoms with Crippen LogP contribution in [0.25, 0.3) is 10.2 Å². The summed E-state index contributed by atoms with van der Waals surface area (Å²) in [7, 11) is 0. The van der Waals surface area contributed by atoms with Crippen LogP contribution in [0.15, 0.2) is 5.38 Å². The number of aromatic nitrogens is 2. The summed E-state index contributed by atoms with van der Waals surface area (Å²) in [5, 5.41) is 13.7. The largest absolute Gasteiger partial charge is 0.388 e. The molecule has 3 heterocycles. The Labute approximate surface area is 129 Å². The number of rotatable bonds is 3. The minimum Gasteiger partial charge on any atom is -0.388 e. The lowest BCUT2D eigenvalue weighted by atomic mass is 10.0. The molecule has 2 aromatic rings. The second-order valence-electron chi connectivity index (χ2n) is 6.80. The Kier molecular flexibility index (Phi) is 3.66. The van der Waals surface area contributed by atoms with Gasteiger partial charge in [0.15, 0.2) is 0 Å². The van der Waals surface area contributed by atoms with Crippen LogP contribution in [-0.2, 0) is 6.42 Å². The first-order valence-corrected chi connectivity index (χ1v) is 8.46.